The lowest BCUT2D eigenvalue weighted by atomic mass is 10.0. The number of rotatable bonds is 72. The van der Waals surface area contributed by atoms with Crippen LogP contribution in [0.25, 0.3) is 0 Å². The number of ether oxygens (including phenoxy) is 4. The smallest absolute Gasteiger partial charge is 0.462 e. The van der Waals surface area contributed by atoms with Gasteiger partial charge >= 0.3 is 39.5 Å². The van der Waals surface area contributed by atoms with E-state index in [1.165, 1.54) is 193 Å². The highest BCUT2D eigenvalue weighted by molar-refractivity contribution is 7.47. The van der Waals surface area contributed by atoms with Gasteiger partial charge in [0.15, 0.2) is 12.2 Å². The summed E-state index contributed by atoms with van der Waals surface area (Å²) < 4.78 is 68.3. The van der Waals surface area contributed by atoms with Gasteiger partial charge in [-0.1, -0.05) is 324 Å². The second-order valence-corrected chi connectivity index (χ2v) is 30.2. The van der Waals surface area contributed by atoms with Crippen LogP contribution in [0.3, 0.4) is 0 Å². The summed E-state index contributed by atoms with van der Waals surface area (Å²) >= 11 is 0. The minimum atomic E-state index is -4.95. The highest BCUT2D eigenvalue weighted by atomic mass is 31.2. The van der Waals surface area contributed by atoms with Crippen molar-refractivity contribution in [1.29, 1.82) is 0 Å². The van der Waals surface area contributed by atoms with Gasteiger partial charge in [-0.05, 0) is 37.5 Å². The fourth-order valence-corrected chi connectivity index (χ4v) is 12.7. The third-order valence-electron chi connectivity index (χ3n) is 17.0. The number of phosphoric ester groups is 2. The van der Waals surface area contributed by atoms with Crippen LogP contribution in [0.1, 0.15) is 375 Å². The number of aliphatic hydroxyl groups excluding tert-OH is 1. The second-order valence-electron chi connectivity index (χ2n) is 27.3. The van der Waals surface area contributed by atoms with Gasteiger partial charge in [0.05, 0.1) is 26.4 Å². The van der Waals surface area contributed by atoms with Crippen LogP contribution in [0.15, 0.2) is 0 Å². The maximum absolute atomic E-state index is 13.1. The molecule has 17 nitrogen and oxygen atoms in total. The third-order valence-corrected chi connectivity index (χ3v) is 18.9. The number of carbonyl (C=O) groups is 4. The van der Waals surface area contributed by atoms with Gasteiger partial charge in [0.1, 0.15) is 19.3 Å². The second kappa shape index (κ2) is 65.0. The minimum absolute atomic E-state index is 0.106. The zero-order valence-electron chi connectivity index (χ0n) is 59.9. The number of hydrogen-bond acceptors (Lipinski definition) is 15. The number of esters is 4. The molecule has 0 bridgehead atoms. The van der Waals surface area contributed by atoms with Crippen molar-refractivity contribution in [3.8, 4) is 0 Å². The zero-order chi connectivity index (χ0) is 67.9. The Hall–Kier alpha value is -1.94. The number of phosphoric acid groups is 2. The van der Waals surface area contributed by atoms with Crippen molar-refractivity contribution in [3.63, 3.8) is 0 Å². The average Bonchev–Trinajstić information content (AvgIpc) is 3.09. The summed E-state index contributed by atoms with van der Waals surface area (Å²) in [6.45, 7) is 9.59. The maximum Gasteiger partial charge on any atom is 0.472 e. The van der Waals surface area contributed by atoms with E-state index in [2.05, 4.69) is 41.5 Å². The van der Waals surface area contributed by atoms with Crippen LogP contribution >= 0.6 is 15.6 Å². The molecule has 0 spiro atoms. The Labute approximate surface area is 562 Å². The molecule has 5 atom stereocenters. The molecule has 0 fully saturated rings. The molecule has 0 aliphatic rings. The van der Waals surface area contributed by atoms with Crippen LogP contribution in [0.2, 0.25) is 0 Å². The molecular weight excluding hydrogens is 1210 g/mol. The molecule has 2 unspecified atom stereocenters. The first-order valence-electron chi connectivity index (χ1n) is 38.0. The van der Waals surface area contributed by atoms with Crippen LogP contribution in [0.4, 0.5) is 0 Å². The van der Waals surface area contributed by atoms with Crippen molar-refractivity contribution >= 4 is 39.5 Å². The number of carbonyl (C=O) groups excluding carboxylic acids is 4. The van der Waals surface area contributed by atoms with Gasteiger partial charge in [-0.15, -0.1) is 0 Å². The Balaban J connectivity index is 5.20. The molecule has 0 aromatic rings. The molecule has 0 radical (unpaired) electrons. The lowest BCUT2D eigenvalue weighted by Crippen LogP contribution is -2.30. The normalized spacial score (nSPS) is 14.1. The molecule has 0 aromatic carbocycles. The summed E-state index contributed by atoms with van der Waals surface area (Å²) in [4.78, 5) is 72.6. The maximum atomic E-state index is 13.1. The molecule has 0 saturated carbocycles. The molecule has 546 valence electrons. The first-order chi connectivity index (χ1) is 44.4. The van der Waals surface area contributed by atoms with Gasteiger partial charge in [0.25, 0.3) is 0 Å². The van der Waals surface area contributed by atoms with E-state index in [1.807, 2.05) is 0 Å². The van der Waals surface area contributed by atoms with Crippen molar-refractivity contribution in [2.45, 2.75) is 394 Å². The van der Waals surface area contributed by atoms with E-state index in [-0.39, 0.29) is 25.7 Å². The molecule has 0 amide bonds. The van der Waals surface area contributed by atoms with Gasteiger partial charge in [-0.2, -0.15) is 0 Å². The Morgan fingerprint density at radius 3 is 0.739 bits per heavy atom. The van der Waals surface area contributed by atoms with Crippen molar-refractivity contribution in [2.75, 3.05) is 39.6 Å². The number of hydrogen-bond donors (Lipinski definition) is 3. The molecule has 92 heavy (non-hydrogen) atoms. The summed E-state index contributed by atoms with van der Waals surface area (Å²) in [6, 6.07) is 0. The monoisotopic (exact) mass is 1350 g/mol. The average molecular weight is 1350 g/mol. The summed E-state index contributed by atoms with van der Waals surface area (Å²) in [7, 11) is -9.90. The topological polar surface area (TPSA) is 237 Å². The highest BCUT2D eigenvalue weighted by Gasteiger charge is 2.30. The Morgan fingerprint density at radius 2 is 0.500 bits per heavy atom. The van der Waals surface area contributed by atoms with Gasteiger partial charge in [-0.25, -0.2) is 9.13 Å². The van der Waals surface area contributed by atoms with E-state index in [9.17, 15) is 43.2 Å². The van der Waals surface area contributed by atoms with E-state index >= 15 is 0 Å². The lowest BCUT2D eigenvalue weighted by molar-refractivity contribution is -0.161. The van der Waals surface area contributed by atoms with Crippen LogP contribution in [0, 0.1) is 11.8 Å². The van der Waals surface area contributed by atoms with Crippen molar-refractivity contribution in [1.82, 2.24) is 0 Å². The molecule has 0 rings (SSSR count). The summed E-state index contributed by atoms with van der Waals surface area (Å²) in [5.41, 5.74) is 0. The molecule has 0 aliphatic carbocycles. The van der Waals surface area contributed by atoms with Crippen LogP contribution < -0.4 is 0 Å². The Bertz CT molecular complexity index is 1790. The molecule has 0 saturated heterocycles. The molecule has 0 heterocycles. The zero-order valence-corrected chi connectivity index (χ0v) is 61.6. The largest absolute Gasteiger partial charge is 0.472 e. The summed E-state index contributed by atoms with van der Waals surface area (Å²) in [5.74, 6) is -0.528. The van der Waals surface area contributed by atoms with E-state index in [0.717, 1.165) is 102 Å². The van der Waals surface area contributed by atoms with Crippen LogP contribution in [0.5, 0.6) is 0 Å². The predicted octanol–water partition coefficient (Wildman–Crippen LogP) is 21.2. The summed E-state index contributed by atoms with van der Waals surface area (Å²) in [5, 5.41) is 10.6. The predicted molar refractivity (Wildman–Crippen MR) is 372 cm³/mol. The number of unbranched alkanes of at least 4 members (excludes halogenated alkanes) is 42. The van der Waals surface area contributed by atoms with E-state index in [0.29, 0.717) is 25.7 Å². The fraction of sp³-hybridized carbons (Fsp3) is 0.945. The summed E-state index contributed by atoms with van der Waals surface area (Å²) in [6.07, 6.45) is 51.3. The molecule has 3 N–H and O–H groups in total. The highest BCUT2D eigenvalue weighted by Crippen LogP contribution is 2.45. The fourth-order valence-electron chi connectivity index (χ4n) is 11.1. The van der Waals surface area contributed by atoms with Gasteiger partial charge in [0, 0.05) is 25.7 Å². The lowest BCUT2D eigenvalue weighted by Gasteiger charge is -2.21. The van der Waals surface area contributed by atoms with Gasteiger partial charge in [0.2, 0.25) is 0 Å². The van der Waals surface area contributed by atoms with Gasteiger partial charge in [-0.3, -0.25) is 37.3 Å². The van der Waals surface area contributed by atoms with E-state index in [1.54, 1.807) is 0 Å². The van der Waals surface area contributed by atoms with Gasteiger partial charge < -0.3 is 33.8 Å². The first kappa shape index (κ1) is 90.1. The van der Waals surface area contributed by atoms with Crippen LogP contribution in [-0.2, 0) is 65.4 Å². The van der Waals surface area contributed by atoms with Crippen molar-refractivity contribution < 1.29 is 80.2 Å². The van der Waals surface area contributed by atoms with Crippen molar-refractivity contribution in [3.05, 3.63) is 0 Å². The minimum Gasteiger partial charge on any atom is -0.462 e. The quantitative estimate of drug-likeness (QED) is 0.0222. The SMILES string of the molecule is CCCCCCCCCCCC(=O)OC[C@H](COP(=O)(O)OC[C@H](O)COP(=O)(O)OC[C@@H](COC(=O)CCCCCCCCCCCCCCCC(C)C)OC(=O)CCCCCCCCCCCCCCCCCC(C)C)OC(=O)CCCCCCCCCCC. The molecular formula is C73H142O17P2. The van der Waals surface area contributed by atoms with E-state index in [4.69, 9.17) is 37.0 Å². The Morgan fingerprint density at radius 1 is 0.293 bits per heavy atom. The third kappa shape index (κ3) is 66.7. The van der Waals surface area contributed by atoms with Crippen LogP contribution in [-0.4, -0.2) is 96.7 Å². The molecule has 0 aliphatic heterocycles. The first-order valence-corrected chi connectivity index (χ1v) is 41.0. The van der Waals surface area contributed by atoms with E-state index < -0.39 is 97.5 Å². The molecule has 0 aromatic heterocycles. The number of aliphatic hydroxyl groups is 1. The standard InChI is InChI=1S/C73H142O17P2/c1-7-9-11-13-15-29-37-43-49-55-70(75)83-61-68(89-72(77)57-51-45-39-30-16-14-12-10-8-2)63-87-91(79,80)85-59-67(74)60-86-92(81,82)88-64-69(62-84-71(76)56-50-44-38-33-27-24-20-22-26-32-36-42-48-54-66(5)6)90-73(78)58-52-46-40-34-28-23-19-17-18-21-25-31-35-41-47-53-65(3)4/h65-69,74H,7-64H2,1-6H3,(H,79,80)(H,81,82)/t67-,68+,69+/m0/s1. The van der Waals surface area contributed by atoms with Crippen molar-refractivity contribution in [2.24, 2.45) is 11.8 Å². The molecule has 19 heteroatoms. The Kier molecular flexibility index (Phi) is 63.7.